The number of hydrogen-bond acceptors (Lipinski definition) is 3. The molecule has 0 unspecified atom stereocenters. The van der Waals surface area contributed by atoms with Gasteiger partial charge in [0.15, 0.2) is 0 Å². The fourth-order valence-electron chi connectivity index (χ4n) is 3.48. The molecule has 1 amide bonds. The first-order valence-corrected chi connectivity index (χ1v) is 9.63. The second-order valence-electron chi connectivity index (χ2n) is 7.42. The van der Waals surface area contributed by atoms with Crippen LogP contribution in [0.4, 0.5) is 0 Å². The minimum absolute atomic E-state index is 0.151. The molecule has 1 fully saturated rings. The van der Waals surface area contributed by atoms with E-state index in [1.807, 2.05) is 23.1 Å². The number of aromatic nitrogens is 2. The van der Waals surface area contributed by atoms with Gasteiger partial charge in [-0.05, 0) is 61.6 Å². The van der Waals surface area contributed by atoms with Gasteiger partial charge < -0.3 is 4.90 Å². The van der Waals surface area contributed by atoms with Crippen molar-refractivity contribution < 1.29 is 4.79 Å². The molecule has 5 heteroatoms. The van der Waals surface area contributed by atoms with Crippen LogP contribution in [0.15, 0.2) is 42.7 Å². The molecule has 1 saturated carbocycles. The molecule has 0 spiro atoms. The van der Waals surface area contributed by atoms with E-state index < -0.39 is 0 Å². The summed E-state index contributed by atoms with van der Waals surface area (Å²) in [6.07, 6.45) is 5.50. The van der Waals surface area contributed by atoms with Gasteiger partial charge in [0.25, 0.3) is 0 Å². The Bertz CT molecular complexity index is 999. The zero-order valence-corrected chi connectivity index (χ0v) is 16.3. The molecule has 0 saturated heterocycles. The molecule has 0 aliphatic heterocycles. The summed E-state index contributed by atoms with van der Waals surface area (Å²) < 4.78 is 0. The second-order valence-corrected chi connectivity index (χ2v) is 7.77. The lowest BCUT2D eigenvalue weighted by atomic mass is 10.0. The van der Waals surface area contributed by atoms with E-state index in [-0.39, 0.29) is 11.8 Å². The van der Waals surface area contributed by atoms with Crippen LogP contribution in [0.25, 0.3) is 10.9 Å². The van der Waals surface area contributed by atoms with E-state index in [1.54, 1.807) is 12.4 Å². The third kappa shape index (κ3) is 3.96. The molecule has 0 bridgehead atoms. The van der Waals surface area contributed by atoms with Gasteiger partial charge in [0.1, 0.15) is 5.15 Å². The molecule has 1 aliphatic rings. The molecule has 2 aromatic heterocycles. The summed E-state index contributed by atoms with van der Waals surface area (Å²) in [6.45, 7) is 5.13. The van der Waals surface area contributed by atoms with Crippen LogP contribution in [-0.2, 0) is 17.9 Å². The van der Waals surface area contributed by atoms with Gasteiger partial charge in [-0.25, -0.2) is 4.98 Å². The molecule has 1 aromatic carbocycles. The van der Waals surface area contributed by atoms with Crippen molar-refractivity contribution in [2.45, 2.75) is 39.8 Å². The van der Waals surface area contributed by atoms with Gasteiger partial charge in [-0.2, -0.15) is 0 Å². The SMILES string of the molecule is Cc1cc(C)c2cc(CN(Cc3cccnc3)C(=O)C3CC3)c(Cl)nc2c1. The Morgan fingerprint density at radius 1 is 1.22 bits per heavy atom. The third-order valence-corrected chi connectivity index (χ3v) is 5.33. The average Bonchev–Trinajstić information content (AvgIpc) is 3.47. The summed E-state index contributed by atoms with van der Waals surface area (Å²) in [5.74, 6) is 0.342. The molecule has 4 rings (SSSR count). The van der Waals surface area contributed by atoms with Gasteiger partial charge in [0, 0.05) is 42.4 Å². The van der Waals surface area contributed by atoms with Crippen molar-refractivity contribution in [3.05, 3.63) is 70.1 Å². The Morgan fingerprint density at radius 3 is 2.74 bits per heavy atom. The zero-order valence-electron chi connectivity index (χ0n) is 15.6. The summed E-state index contributed by atoms with van der Waals surface area (Å²) in [7, 11) is 0. The number of rotatable bonds is 5. The minimum Gasteiger partial charge on any atom is -0.334 e. The molecule has 138 valence electrons. The highest BCUT2D eigenvalue weighted by Crippen LogP contribution is 2.33. The predicted molar refractivity (Wildman–Crippen MR) is 107 cm³/mol. The number of pyridine rings is 2. The van der Waals surface area contributed by atoms with Crippen molar-refractivity contribution in [2.24, 2.45) is 5.92 Å². The average molecular weight is 380 g/mol. The fraction of sp³-hybridized carbons (Fsp3) is 0.318. The Hall–Kier alpha value is -2.46. The second kappa shape index (κ2) is 7.28. The summed E-state index contributed by atoms with van der Waals surface area (Å²) in [4.78, 5) is 23.5. The number of halogens is 1. The maximum Gasteiger partial charge on any atom is 0.226 e. The van der Waals surface area contributed by atoms with Crippen LogP contribution in [0, 0.1) is 19.8 Å². The van der Waals surface area contributed by atoms with E-state index in [0.29, 0.717) is 18.2 Å². The molecule has 3 aromatic rings. The van der Waals surface area contributed by atoms with Gasteiger partial charge >= 0.3 is 0 Å². The fourth-order valence-corrected chi connectivity index (χ4v) is 3.68. The molecular weight excluding hydrogens is 358 g/mol. The number of fused-ring (bicyclic) bond motifs is 1. The number of benzene rings is 1. The van der Waals surface area contributed by atoms with Crippen molar-refractivity contribution in [3.63, 3.8) is 0 Å². The first-order chi connectivity index (χ1) is 13.0. The quantitative estimate of drug-likeness (QED) is 0.596. The smallest absolute Gasteiger partial charge is 0.226 e. The van der Waals surface area contributed by atoms with Crippen molar-refractivity contribution in [2.75, 3.05) is 0 Å². The number of carbonyl (C=O) groups excluding carboxylic acids is 1. The largest absolute Gasteiger partial charge is 0.334 e. The predicted octanol–water partition coefficient (Wildman–Crippen LogP) is 4.84. The van der Waals surface area contributed by atoms with Crippen LogP contribution in [0.5, 0.6) is 0 Å². The van der Waals surface area contributed by atoms with Crippen LogP contribution in [0.1, 0.15) is 35.1 Å². The number of carbonyl (C=O) groups is 1. The number of hydrogen-bond donors (Lipinski definition) is 0. The van der Waals surface area contributed by atoms with Crippen molar-refractivity contribution >= 4 is 28.4 Å². The van der Waals surface area contributed by atoms with E-state index in [1.165, 1.54) is 11.1 Å². The molecule has 0 N–H and O–H groups in total. The molecule has 0 radical (unpaired) electrons. The molecule has 27 heavy (non-hydrogen) atoms. The maximum absolute atomic E-state index is 12.8. The summed E-state index contributed by atoms with van der Waals surface area (Å²) >= 11 is 6.49. The summed E-state index contributed by atoms with van der Waals surface area (Å²) in [5, 5.41) is 1.55. The monoisotopic (exact) mass is 379 g/mol. The number of amides is 1. The standard InChI is InChI=1S/C22H22ClN3O/c1-14-8-15(2)19-10-18(21(23)25-20(19)9-14)13-26(22(27)17-5-6-17)12-16-4-3-7-24-11-16/h3-4,7-11,17H,5-6,12-13H2,1-2H3. The molecule has 4 nitrogen and oxygen atoms in total. The summed E-state index contributed by atoms with van der Waals surface area (Å²) in [5.41, 5.74) is 5.13. The van der Waals surface area contributed by atoms with Gasteiger partial charge in [-0.1, -0.05) is 23.7 Å². The zero-order chi connectivity index (χ0) is 19.0. The van der Waals surface area contributed by atoms with Crippen LogP contribution < -0.4 is 0 Å². The first kappa shape index (κ1) is 17.9. The topological polar surface area (TPSA) is 46.1 Å². The van der Waals surface area contributed by atoms with Gasteiger partial charge in [0.2, 0.25) is 5.91 Å². The van der Waals surface area contributed by atoms with Crippen LogP contribution >= 0.6 is 11.6 Å². The lowest BCUT2D eigenvalue weighted by Crippen LogP contribution is -2.31. The van der Waals surface area contributed by atoms with E-state index in [2.05, 4.69) is 35.9 Å². The van der Waals surface area contributed by atoms with Gasteiger partial charge in [0.05, 0.1) is 5.52 Å². The van der Waals surface area contributed by atoms with E-state index >= 15 is 0 Å². The van der Waals surface area contributed by atoms with Crippen LogP contribution in [-0.4, -0.2) is 20.8 Å². The van der Waals surface area contributed by atoms with Crippen molar-refractivity contribution in [3.8, 4) is 0 Å². The Labute approximate surface area is 164 Å². The Kier molecular flexibility index (Phi) is 4.83. The lowest BCUT2D eigenvalue weighted by Gasteiger charge is -2.23. The highest BCUT2D eigenvalue weighted by atomic mass is 35.5. The third-order valence-electron chi connectivity index (χ3n) is 5.01. The molecule has 1 aliphatic carbocycles. The van der Waals surface area contributed by atoms with Crippen molar-refractivity contribution in [1.29, 1.82) is 0 Å². The van der Waals surface area contributed by atoms with Gasteiger partial charge in [-0.15, -0.1) is 0 Å². The highest BCUT2D eigenvalue weighted by molar-refractivity contribution is 6.30. The first-order valence-electron chi connectivity index (χ1n) is 9.25. The van der Waals surface area contributed by atoms with Gasteiger partial charge in [-0.3, -0.25) is 9.78 Å². The minimum atomic E-state index is 0.151. The van der Waals surface area contributed by atoms with E-state index in [4.69, 9.17) is 11.6 Å². The lowest BCUT2D eigenvalue weighted by molar-refractivity contribution is -0.133. The Balaban J connectivity index is 1.67. The van der Waals surface area contributed by atoms with Crippen LogP contribution in [0.3, 0.4) is 0 Å². The molecular formula is C22H22ClN3O. The molecule has 2 heterocycles. The van der Waals surface area contributed by atoms with Crippen molar-refractivity contribution in [1.82, 2.24) is 14.9 Å². The van der Waals surface area contributed by atoms with E-state index in [0.717, 1.165) is 34.9 Å². The molecule has 0 atom stereocenters. The van der Waals surface area contributed by atoms with E-state index in [9.17, 15) is 4.79 Å². The highest BCUT2D eigenvalue weighted by Gasteiger charge is 2.33. The maximum atomic E-state index is 12.8. The van der Waals surface area contributed by atoms with Crippen LogP contribution in [0.2, 0.25) is 5.15 Å². The summed E-state index contributed by atoms with van der Waals surface area (Å²) in [6, 6.07) is 10.2. The Morgan fingerprint density at radius 2 is 2.04 bits per heavy atom. The normalized spacial score (nSPS) is 13.7. The number of aryl methyl sites for hydroxylation is 2. The number of nitrogens with zero attached hydrogens (tertiary/aromatic N) is 3.